The average molecular weight is 387 g/mol. The van der Waals surface area contributed by atoms with E-state index in [1.54, 1.807) is 0 Å². The predicted molar refractivity (Wildman–Crippen MR) is 95.7 cm³/mol. The van der Waals surface area contributed by atoms with E-state index in [0.29, 0.717) is 10.4 Å². The van der Waals surface area contributed by atoms with Crippen molar-refractivity contribution >= 4 is 50.1 Å². The molecule has 0 radical (unpaired) electrons. The molecule has 6 nitrogen and oxygen atoms in total. The lowest BCUT2D eigenvalue weighted by molar-refractivity contribution is -0.121. The molecular weight excluding hydrogens is 376 g/mol. The van der Waals surface area contributed by atoms with Crippen molar-refractivity contribution in [3.05, 3.63) is 53.6 Å². The van der Waals surface area contributed by atoms with Crippen molar-refractivity contribution in [1.29, 1.82) is 0 Å². The summed E-state index contributed by atoms with van der Waals surface area (Å²) in [6.45, 7) is 0. The van der Waals surface area contributed by atoms with E-state index in [2.05, 4.69) is 10.3 Å². The van der Waals surface area contributed by atoms with Crippen LogP contribution in [0, 0.1) is 11.6 Å². The minimum absolute atomic E-state index is 0.180. The fourth-order valence-corrected chi connectivity index (χ4v) is 3.64. The number of imide groups is 1. The number of nitrogens with one attached hydrogen (secondary N) is 1. The third kappa shape index (κ3) is 3.17. The summed E-state index contributed by atoms with van der Waals surface area (Å²) in [6.07, 6.45) is 0.361. The van der Waals surface area contributed by atoms with E-state index in [1.807, 2.05) is 0 Å². The maximum absolute atomic E-state index is 13.3. The molecule has 3 amide bonds. The molecule has 0 spiro atoms. The SMILES string of the molecule is O=C(Nc1nc2cc(F)c(F)cc2s1)c1ccc(N2C(=O)CCC2=O)cc1. The van der Waals surface area contributed by atoms with Gasteiger partial charge in [-0.2, -0.15) is 0 Å². The van der Waals surface area contributed by atoms with Gasteiger partial charge < -0.3 is 0 Å². The van der Waals surface area contributed by atoms with Crippen LogP contribution in [0.3, 0.4) is 0 Å². The highest BCUT2D eigenvalue weighted by Gasteiger charge is 2.30. The first-order valence-electron chi connectivity index (χ1n) is 7.95. The van der Waals surface area contributed by atoms with Crippen molar-refractivity contribution in [1.82, 2.24) is 4.98 Å². The summed E-state index contributed by atoms with van der Waals surface area (Å²) >= 11 is 1.02. The lowest BCUT2D eigenvalue weighted by Gasteiger charge is -2.13. The van der Waals surface area contributed by atoms with Gasteiger partial charge in [-0.3, -0.25) is 24.6 Å². The Kier molecular flexibility index (Phi) is 4.15. The number of halogens is 2. The second kappa shape index (κ2) is 6.51. The Labute approximate surface area is 155 Å². The molecule has 0 aliphatic carbocycles. The fourth-order valence-electron chi connectivity index (χ4n) is 2.77. The van der Waals surface area contributed by atoms with E-state index >= 15 is 0 Å². The van der Waals surface area contributed by atoms with Crippen molar-refractivity contribution in [2.24, 2.45) is 0 Å². The largest absolute Gasteiger partial charge is 0.298 e. The number of amides is 3. The fraction of sp³-hybridized carbons (Fsp3) is 0.111. The van der Waals surface area contributed by atoms with Crippen LogP contribution in [0.1, 0.15) is 23.2 Å². The van der Waals surface area contributed by atoms with Crippen LogP contribution in [0.15, 0.2) is 36.4 Å². The molecular formula is C18H11F2N3O3S. The van der Waals surface area contributed by atoms with Gasteiger partial charge in [-0.1, -0.05) is 11.3 Å². The summed E-state index contributed by atoms with van der Waals surface area (Å²) in [4.78, 5) is 41.0. The molecule has 0 unspecified atom stereocenters. The molecule has 0 saturated carbocycles. The summed E-state index contributed by atoms with van der Waals surface area (Å²) in [5.74, 6) is -3.00. The monoisotopic (exact) mass is 387 g/mol. The van der Waals surface area contributed by atoms with Crippen molar-refractivity contribution in [2.45, 2.75) is 12.8 Å². The number of anilines is 2. The number of rotatable bonds is 3. The number of carbonyl (C=O) groups excluding carboxylic acids is 3. The Morgan fingerprint density at radius 2 is 1.67 bits per heavy atom. The van der Waals surface area contributed by atoms with Crippen molar-refractivity contribution in [2.75, 3.05) is 10.2 Å². The summed E-state index contributed by atoms with van der Waals surface area (Å²) in [6, 6.07) is 7.98. The van der Waals surface area contributed by atoms with Crippen molar-refractivity contribution < 1.29 is 23.2 Å². The third-order valence-corrected chi connectivity index (χ3v) is 5.02. The van der Waals surface area contributed by atoms with Gasteiger partial charge in [0.2, 0.25) is 11.8 Å². The summed E-state index contributed by atoms with van der Waals surface area (Å²) in [5, 5.41) is 2.77. The first kappa shape index (κ1) is 17.2. The predicted octanol–water partition coefficient (Wildman–Crippen LogP) is 3.48. The second-order valence-electron chi connectivity index (χ2n) is 5.88. The molecule has 9 heteroatoms. The molecule has 0 bridgehead atoms. The van der Waals surface area contributed by atoms with E-state index in [4.69, 9.17) is 0 Å². The molecule has 3 aromatic rings. The third-order valence-electron chi connectivity index (χ3n) is 4.09. The zero-order chi connectivity index (χ0) is 19.1. The van der Waals surface area contributed by atoms with Gasteiger partial charge in [0.25, 0.3) is 5.91 Å². The minimum Gasteiger partial charge on any atom is -0.298 e. The quantitative estimate of drug-likeness (QED) is 0.698. The summed E-state index contributed by atoms with van der Waals surface area (Å²) in [7, 11) is 0. The van der Waals surface area contributed by atoms with Gasteiger partial charge in [-0.15, -0.1) is 0 Å². The molecule has 2 heterocycles. The number of benzene rings is 2. The molecule has 0 atom stereocenters. The molecule has 1 saturated heterocycles. The highest BCUT2D eigenvalue weighted by Crippen LogP contribution is 2.28. The van der Waals surface area contributed by atoms with Gasteiger partial charge in [0.1, 0.15) is 0 Å². The van der Waals surface area contributed by atoms with Crippen LogP contribution < -0.4 is 10.2 Å². The molecule has 136 valence electrons. The molecule has 4 rings (SSSR count). The molecule has 2 aromatic carbocycles. The second-order valence-corrected chi connectivity index (χ2v) is 6.91. The summed E-state index contributed by atoms with van der Waals surface area (Å²) < 4.78 is 26.9. The standard InChI is InChI=1S/C18H11F2N3O3S/c19-11-7-13-14(8-12(11)20)27-18(21-13)22-17(26)9-1-3-10(4-2-9)23-15(24)5-6-16(23)25/h1-4,7-8H,5-6H2,(H,21,22,26). The smallest absolute Gasteiger partial charge is 0.257 e. The average Bonchev–Trinajstić information content (AvgIpc) is 3.17. The Hall–Kier alpha value is -3.20. The van der Waals surface area contributed by atoms with Crippen LogP contribution in [-0.4, -0.2) is 22.7 Å². The van der Waals surface area contributed by atoms with Crippen LogP contribution in [0.25, 0.3) is 10.2 Å². The van der Waals surface area contributed by atoms with E-state index < -0.39 is 17.5 Å². The van der Waals surface area contributed by atoms with Crippen LogP contribution >= 0.6 is 11.3 Å². The van der Waals surface area contributed by atoms with E-state index in [-0.39, 0.29) is 40.9 Å². The molecule has 1 aromatic heterocycles. The molecule has 1 aliphatic heterocycles. The number of aromatic nitrogens is 1. The maximum atomic E-state index is 13.3. The van der Waals surface area contributed by atoms with Crippen LogP contribution in [0.2, 0.25) is 0 Å². The van der Waals surface area contributed by atoms with Gasteiger partial charge >= 0.3 is 0 Å². The first-order valence-corrected chi connectivity index (χ1v) is 8.77. The van der Waals surface area contributed by atoms with Gasteiger partial charge in [0.05, 0.1) is 15.9 Å². The van der Waals surface area contributed by atoms with Crippen LogP contribution in [0.4, 0.5) is 19.6 Å². The molecule has 1 N–H and O–H groups in total. The molecule has 27 heavy (non-hydrogen) atoms. The molecule has 1 fully saturated rings. The Balaban J connectivity index is 1.53. The van der Waals surface area contributed by atoms with Crippen LogP contribution in [0.5, 0.6) is 0 Å². The number of thiazole rings is 1. The van der Waals surface area contributed by atoms with Gasteiger partial charge in [-0.05, 0) is 30.3 Å². The number of fused-ring (bicyclic) bond motifs is 1. The van der Waals surface area contributed by atoms with Gasteiger partial charge in [0.15, 0.2) is 16.8 Å². The Morgan fingerprint density at radius 3 is 2.33 bits per heavy atom. The lowest BCUT2D eigenvalue weighted by atomic mass is 10.2. The van der Waals surface area contributed by atoms with Crippen molar-refractivity contribution in [3.63, 3.8) is 0 Å². The van der Waals surface area contributed by atoms with Crippen LogP contribution in [-0.2, 0) is 9.59 Å². The highest BCUT2D eigenvalue weighted by atomic mass is 32.1. The highest BCUT2D eigenvalue weighted by molar-refractivity contribution is 7.22. The number of hydrogen-bond donors (Lipinski definition) is 1. The topological polar surface area (TPSA) is 79.4 Å². The zero-order valence-corrected chi connectivity index (χ0v) is 14.5. The van der Waals surface area contributed by atoms with Gasteiger partial charge in [0, 0.05) is 24.5 Å². The Morgan fingerprint density at radius 1 is 1.04 bits per heavy atom. The molecule has 1 aliphatic rings. The van der Waals surface area contributed by atoms with Crippen molar-refractivity contribution in [3.8, 4) is 0 Å². The number of carbonyl (C=O) groups is 3. The minimum atomic E-state index is -1.01. The maximum Gasteiger partial charge on any atom is 0.257 e. The van der Waals surface area contributed by atoms with E-state index in [1.165, 1.54) is 24.3 Å². The first-order chi connectivity index (χ1) is 12.9. The number of nitrogens with zero attached hydrogens (tertiary/aromatic N) is 2. The zero-order valence-electron chi connectivity index (χ0n) is 13.7. The van der Waals surface area contributed by atoms with Gasteiger partial charge in [-0.25, -0.2) is 13.8 Å². The normalized spacial score (nSPS) is 14.2. The summed E-state index contributed by atoms with van der Waals surface area (Å²) in [5.41, 5.74) is 0.940. The Bertz CT molecular complexity index is 1040. The number of hydrogen-bond acceptors (Lipinski definition) is 5. The van der Waals surface area contributed by atoms with E-state index in [9.17, 15) is 23.2 Å². The lowest BCUT2D eigenvalue weighted by Crippen LogP contribution is -2.28. The van der Waals surface area contributed by atoms with E-state index in [0.717, 1.165) is 28.4 Å².